The number of anilines is 1. The van der Waals surface area contributed by atoms with Gasteiger partial charge in [0.05, 0.1) is 17.7 Å². The summed E-state index contributed by atoms with van der Waals surface area (Å²) in [5.41, 5.74) is -0.140. The van der Waals surface area contributed by atoms with Gasteiger partial charge in [-0.1, -0.05) is 6.07 Å². The lowest BCUT2D eigenvalue weighted by Crippen LogP contribution is -2.54. The molecule has 4 rings (SSSR count). The van der Waals surface area contributed by atoms with Gasteiger partial charge < -0.3 is 5.32 Å². The molecule has 130 valence electrons. The summed E-state index contributed by atoms with van der Waals surface area (Å²) < 4.78 is 0. The minimum absolute atomic E-state index is 0.0720. The molecular formula is C17H13N5O4. The highest BCUT2D eigenvalue weighted by Crippen LogP contribution is 2.34. The Balaban J connectivity index is 1.62. The van der Waals surface area contributed by atoms with Gasteiger partial charge in [0, 0.05) is 12.1 Å². The second-order valence-electron chi connectivity index (χ2n) is 6.19. The van der Waals surface area contributed by atoms with Crippen LogP contribution in [0.2, 0.25) is 0 Å². The van der Waals surface area contributed by atoms with E-state index in [2.05, 4.69) is 26.8 Å². The van der Waals surface area contributed by atoms with Gasteiger partial charge in [-0.2, -0.15) is 0 Å². The fourth-order valence-corrected chi connectivity index (χ4v) is 3.12. The highest BCUT2D eigenvalue weighted by molar-refractivity contribution is 6.25. The summed E-state index contributed by atoms with van der Waals surface area (Å²) >= 11 is 0. The van der Waals surface area contributed by atoms with Crippen LogP contribution < -0.4 is 10.6 Å². The summed E-state index contributed by atoms with van der Waals surface area (Å²) in [5.74, 6) is 0.236. The third-order valence-corrected chi connectivity index (χ3v) is 4.57. The van der Waals surface area contributed by atoms with E-state index in [9.17, 15) is 19.2 Å². The normalized spacial score (nSPS) is 22.7. The molecule has 2 N–H and O–H groups in total. The van der Waals surface area contributed by atoms with Gasteiger partial charge in [0.1, 0.15) is 6.04 Å². The lowest BCUT2D eigenvalue weighted by molar-refractivity contribution is -0.136. The van der Waals surface area contributed by atoms with E-state index in [4.69, 9.17) is 6.42 Å². The van der Waals surface area contributed by atoms with Gasteiger partial charge in [-0.3, -0.25) is 29.4 Å². The maximum atomic E-state index is 12.9. The van der Waals surface area contributed by atoms with E-state index in [-0.39, 0.29) is 30.5 Å². The lowest BCUT2D eigenvalue weighted by atomic mass is 10.0. The fourth-order valence-electron chi connectivity index (χ4n) is 3.12. The smallest absolute Gasteiger partial charge is 0.267 e. The van der Waals surface area contributed by atoms with Crippen LogP contribution in [-0.4, -0.2) is 46.8 Å². The fraction of sp³-hybridized carbons (Fsp3) is 0.294. The van der Waals surface area contributed by atoms with Crippen molar-refractivity contribution in [1.29, 1.82) is 0 Å². The zero-order valence-electron chi connectivity index (χ0n) is 13.5. The van der Waals surface area contributed by atoms with Crippen LogP contribution in [0.15, 0.2) is 28.4 Å². The first-order chi connectivity index (χ1) is 12.5. The molecule has 3 aliphatic heterocycles. The minimum Gasteiger partial charge on any atom is -0.379 e. The molecule has 0 saturated carbocycles. The Morgan fingerprint density at radius 3 is 2.69 bits per heavy atom. The Bertz CT molecular complexity index is 939. The molecule has 1 atom stereocenters. The van der Waals surface area contributed by atoms with E-state index >= 15 is 0 Å². The number of fused-ring (bicyclic) bond motifs is 1. The summed E-state index contributed by atoms with van der Waals surface area (Å²) in [6, 6.07) is 3.79. The largest absolute Gasteiger partial charge is 0.379 e. The quantitative estimate of drug-likeness (QED) is 0.597. The summed E-state index contributed by atoms with van der Waals surface area (Å²) in [6.45, 7) is 0.194. The molecule has 1 saturated heterocycles. The first-order valence-electron chi connectivity index (χ1n) is 7.96. The predicted octanol–water partition coefficient (Wildman–Crippen LogP) is 0.295. The molecule has 0 aromatic heterocycles. The number of amides is 4. The number of nitrogens with zero attached hydrogens (tertiary/aromatic N) is 3. The van der Waals surface area contributed by atoms with Crippen molar-refractivity contribution in [3.8, 4) is 12.3 Å². The van der Waals surface area contributed by atoms with E-state index in [0.717, 1.165) is 4.90 Å². The van der Waals surface area contributed by atoms with Crippen molar-refractivity contribution in [3.63, 3.8) is 0 Å². The van der Waals surface area contributed by atoms with Crippen LogP contribution in [0, 0.1) is 12.3 Å². The second kappa shape index (κ2) is 5.49. The van der Waals surface area contributed by atoms with E-state index in [1.54, 1.807) is 12.1 Å². The summed E-state index contributed by atoms with van der Waals surface area (Å²) in [7, 11) is 0. The van der Waals surface area contributed by atoms with Gasteiger partial charge in [0.2, 0.25) is 11.8 Å². The average molecular weight is 351 g/mol. The number of nitrogens with one attached hydrogen (secondary N) is 2. The Hall–Kier alpha value is -3.54. The summed E-state index contributed by atoms with van der Waals surface area (Å²) in [5, 5.41) is 12.7. The van der Waals surface area contributed by atoms with Crippen molar-refractivity contribution < 1.29 is 19.2 Å². The standard InChI is InChI=1S/C17H13N5O4/c1-2-17(20-21-17)8-18-10-5-3-4-9-13(10)16(26)22(15(9)25)11-6-7-12(23)19-14(11)24/h1,3-5,11,18H,6-8H2,(H,19,23,24). The third-order valence-electron chi connectivity index (χ3n) is 4.57. The Morgan fingerprint density at radius 1 is 1.27 bits per heavy atom. The number of rotatable bonds is 4. The van der Waals surface area contributed by atoms with E-state index in [0.29, 0.717) is 5.69 Å². The monoisotopic (exact) mass is 351 g/mol. The molecule has 1 fully saturated rings. The van der Waals surface area contributed by atoms with Gasteiger partial charge in [-0.15, -0.1) is 16.7 Å². The number of hydrogen-bond acceptors (Lipinski definition) is 7. The highest BCUT2D eigenvalue weighted by Gasteiger charge is 2.46. The third kappa shape index (κ3) is 2.35. The molecule has 26 heavy (non-hydrogen) atoms. The summed E-state index contributed by atoms with van der Waals surface area (Å²) in [6.07, 6.45) is 5.54. The van der Waals surface area contributed by atoms with Crippen LogP contribution in [0.4, 0.5) is 5.69 Å². The Labute approximate surface area is 147 Å². The van der Waals surface area contributed by atoms with Crippen molar-refractivity contribution in [2.75, 3.05) is 11.9 Å². The van der Waals surface area contributed by atoms with Gasteiger partial charge >= 0.3 is 0 Å². The van der Waals surface area contributed by atoms with Gasteiger partial charge in [0.15, 0.2) is 0 Å². The maximum absolute atomic E-state index is 12.9. The number of benzene rings is 1. The molecule has 9 nitrogen and oxygen atoms in total. The maximum Gasteiger partial charge on any atom is 0.267 e. The average Bonchev–Trinajstić information content (AvgIpc) is 3.37. The molecule has 3 aliphatic rings. The van der Waals surface area contributed by atoms with E-state index in [1.165, 1.54) is 6.07 Å². The first kappa shape index (κ1) is 16.0. The minimum atomic E-state index is -1.00. The predicted molar refractivity (Wildman–Crippen MR) is 88.0 cm³/mol. The van der Waals surface area contributed by atoms with Crippen LogP contribution in [0.3, 0.4) is 0 Å². The number of imide groups is 2. The number of hydrogen-bond donors (Lipinski definition) is 2. The molecule has 4 amide bonds. The number of carbonyl (C=O) groups excluding carboxylic acids is 4. The van der Waals surface area contributed by atoms with Crippen LogP contribution >= 0.6 is 0 Å². The van der Waals surface area contributed by atoms with Gasteiger partial charge in [0.25, 0.3) is 17.5 Å². The molecule has 1 aromatic rings. The molecule has 0 aliphatic carbocycles. The molecule has 3 heterocycles. The van der Waals surface area contributed by atoms with E-state index < -0.39 is 35.3 Å². The number of carbonyl (C=O) groups is 4. The SMILES string of the molecule is C#CC1(CNc2cccc3c2C(=O)N(C2CCC(=O)NC2=O)C3=O)N=N1. The van der Waals surface area contributed by atoms with Gasteiger partial charge in [-0.25, -0.2) is 0 Å². The van der Waals surface area contributed by atoms with Crippen LogP contribution in [0.5, 0.6) is 0 Å². The van der Waals surface area contributed by atoms with Crippen LogP contribution in [-0.2, 0) is 9.59 Å². The molecular weight excluding hydrogens is 338 g/mol. The van der Waals surface area contributed by atoms with Crippen LogP contribution in [0.25, 0.3) is 0 Å². The van der Waals surface area contributed by atoms with Crippen molar-refractivity contribution in [3.05, 3.63) is 29.3 Å². The molecule has 9 heteroatoms. The van der Waals surface area contributed by atoms with Gasteiger partial charge in [-0.05, 0) is 24.5 Å². The lowest BCUT2D eigenvalue weighted by Gasteiger charge is -2.27. The first-order valence-corrected chi connectivity index (χ1v) is 7.96. The van der Waals surface area contributed by atoms with Crippen molar-refractivity contribution >= 4 is 29.3 Å². The molecule has 0 radical (unpaired) electrons. The van der Waals surface area contributed by atoms with E-state index in [1.807, 2.05) is 0 Å². The summed E-state index contributed by atoms with van der Waals surface area (Å²) in [4.78, 5) is 49.9. The zero-order valence-corrected chi connectivity index (χ0v) is 13.5. The molecule has 0 spiro atoms. The molecule has 0 bridgehead atoms. The topological polar surface area (TPSA) is 120 Å². The number of piperidine rings is 1. The van der Waals surface area contributed by atoms with Crippen molar-refractivity contribution in [2.45, 2.75) is 24.5 Å². The zero-order chi connectivity index (χ0) is 18.5. The Kier molecular flexibility index (Phi) is 3.37. The Morgan fingerprint density at radius 2 is 2.04 bits per heavy atom. The van der Waals surface area contributed by atoms with Crippen molar-refractivity contribution in [2.24, 2.45) is 10.2 Å². The number of terminal acetylenes is 1. The molecule has 1 aromatic carbocycles. The van der Waals surface area contributed by atoms with Crippen molar-refractivity contribution in [1.82, 2.24) is 10.2 Å². The second-order valence-corrected chi connectivity index (χ2v) is 6.19. The van der Waals surface area contributed by atoms with Crippen LogP contribution in [0.1, 0.15) is 33.6 Å². The molecule has 1 unspecified atom stereocenters. The highest BCUT2D eigenvalue weighted by atomic mass is 16.2.